The van der Waals surface area contributed by atoms with Gasteiger partial charge in [0, 0.05) is 33.1 Å². The number of amides is 2. The third-order valence-electron chi connectivity index (χ3n) is 4.83. The Hall–Kier alpha value is -0.850. The maximum atomic E-state index is 12.4. The first-order valence-electron chi connectivity index (χ1n) is 8.56. The van der Waals surface area contributed by atoms with E-state index < -0.39 is 0 Å². The van der Waals surface area contributed by atoms with Crippen LogP contribution in [0.3, 0.4) is 0 Å². The normalized spacial score (nSPS) is 20.3. The molecule has 0 aromatic heterocycles. The lowest BCUT2D eigenvalue weighted by Crippen LogP contribution is -2.52. The van der Waals surface area contributed by atoms with Crippen molar-refractivity contribution in [1.29, 1.82) is 0 Å². The predicted molar refractivity (Wildman–Crippen MR) is 93.8 cm³/mol. The Balaban J connectivity index is 0.00000264. The summed E-state index contributed by atoms with van der Waals surface area (Å²) < 4.78 is 0. The summed E-state index contributed by atoms with van der Waals surface area (Å²) in [6, 6.07) is 0. The van der Waals surface area contributed by atoms with E-state index in [9.17, 15) is 9.59 Å². The zero-order valence-electron chi connectivity index (χ0n) is 14.4. The van der Waals surface area contributed by atoms with E-state index in [4.69, 9.17) is 0 Å². The SMILES string of the molecule is CCNCC1CCN(CC(=O)N2CCN(C(C)=O)CC2)CC1.Cl. The molecule has 0 aromatic carbocycles. The van der Waals surface area contributed by atoms with Crippen LogP contribution in [0.5, 0.6) is 0 Å². The van der Waals surface area contributed by atoms with E-state index in [1.807, 2.05) is 9.80 Å². The Kier molecular flexibility index (Phi) is 8.87. The molecule has 2 heterocycles. The van der Waals surface area contributed by atoms with Gasteiger partial charge in [0.2, 0.25) is 11.8 Å². The quantitative estimate of drug-likeness (QED) is 0.784. The molecule has 0 atom stereocenters. The zero-order chi connectivity index (χ0) is 15.9. The highest BCUT2D eigenvalue weighted by atomic mass is 35.5. The molecular weight excluding hydrogens is 316 g/mol. The third kappa shape index (κ3) is 6.28. The number of carbonyl (C=O) groups excluding carboxylic acids is 2. The first-order valence-corrected chi connectivity index (χ1v) is 8.56. The average molecular weight is 347 g/mol. The van der Waals surface area contributed by atoms with Gasteiger partial charge in [-0.05, 0) is 44.9 Å². The average Bonchev–Trinajstić information content (AvgIpc) is 2.54. The molecule has 1 N–H and O–H groups in total. The number of carbonyl (C=O) groups is 2. The molecule has 7 heteroatoms. The van der Waals surface area contributed by atoms with Crippen molar-refractivity contribution < 1.29 is 9.59 Å². The molecule has 2 aliphatic heterocycles. The van der Waals surface area contributed by atoms with Crippen LogP contribution in [0.2, 0.25) is 0 Å². The van der Waals surface area contributed by atoms with Gasteiger partial charge in [-0.25, -0.2) is 0 Å². The first kappa shape index (κ1) is 20.2. The first-order chi connectivity index (χ1) is 10.6. The fourth-order valence-electron chi connectivity index (χ4n) is 3.26. The number of halogens is 1. The minimum absolute atomic E-state index is 0. The molecule has 2 aliphatic rings. The van der Waals surface area contributed by atoms with Crippen LogP contribution in [-0.2, 0) is 9.59 Å². The summed E-state index contributed by atoms with van der Waals surface area (Å²) in [6.45, 7) is 11.1. The van der Waals surface area contributed by atoms with E-state index in [1.165, 1.54) is 12.8 Å². The van der Waals surface area contributed by atoms with Gasteiger partial charge in [0.05, 0.1) is 6.54 Å². The minimum Gasteiger partial charge on any atom is -0.339 e. The molecule has 2 saturated heterocycles. The topological polar surface area (TPSA) is 55.9 Å². The van der Waals surface area contributed by atoms with Crippen LogP contribution in [0.15, 0.2) is 0 Å². The molecule has 0 saturated carbocycles. The number of rotatable bonds is 5. The lowest BCUT2D eigenvalue weighted by Gasteiger charge is -2.37. The molecule has 0 bridgehead atoms. The molecule has 0 aromatic rings. The van der Waals surface area contributed by atoms with Crippen LogP contribution in [0, 0.1) is 5.92 Å². The number of hydrogen-bond acceptors (Lipinski definition) is 4. The summed E-state index contributed by atoms with van der Waals surface area (Å²) >= 11 is 0. The van der Waals surface area contributed by atoms with Crippen molar-refractivity contribution in [1.82, 2.24) is 20.0 Å². The van der Waals surface area contributed by atoms with Crippen molar-refractivity contribution in [2.45, 2.75) is 26.7 Å². The highest BCUT2D eigenvalue weighted by molar-refractivity contribution is 5.85. The summed E-state index contributed by atoms with van der Waals surface area (Å²) in [6.07, 6.45) is 2.36. The smallest absolute Gasteiger partial charge is 0.236 e. The van der Waals surface area contributed by atoms with E-state index in [0.29, 0.717) is 32.7 Å². The van der Waals surface area contributed by atoms with Gasteiger partial charge in [0.1, 0.15) is 0 Å². The fourth-order valence-corrected chi connectivity index (χ4v) is 3.26. The van der Waals surface area contributed by atoms with Crippen LogP contribution in [0.1, 0.15) is 26.7 Å². The van der Waals surface area contributed by atoms with Crippen LogP contribution >= 0.6 is 12.4 Å². The van der Waals surface area contributed by atoms with Gasteiger partial charge in [-0.15, -0.1) is 12.4 Å². The van der Waals surface area contributed by atoms with Gasteiger partial charge < -0.3 is 15.1 Å². The number of nitrogens with one attached hydrogen (secondary N) is 1. The second-order valence-corrected chi connectivity index (χ2v) is 6.41. The Bertz CT molecular complexity index is 378. The minimum atomic E-state index is 0. The highest BCUT2D eigenvalue weighted by Crippen LogP contribution is 2.16. The van der Waals surface area contributed by atoms with Gasteiger partial charge in [-0.3, -0.25) is 14.5 Å². The maximum Gasteiger partial charge on any atom is 0.236 e. The van der Waals surface area contributed by atoms with E-state index in [2.05, 4.69) is 17.1 Å². The van der Waals surface area contributed by atoms with Gasteiger partial charge >= 0.3 is 0 Å². The molecule has 0 spiro atoms. The van der Waals surface area contributed by atoms with E-state index in [1.54, 1.807) is 6.92 Å². The van der Waals surface area contributed by atoms with E-state index >= 15 is 0 Å². The monoisotopic (exact) mass is 346 g/mol. The summed E-state index contributed by atoms with van der Waals surface area (Å²) in [4.78, 5) is 29.7. The lowest BCUT2D eigenvalue weighted by molar-refractivity contribution is -0.139. The fraction of sp³-hybridized carbons (Fsp3) is 0.875. The van der Waals surface area contributed by atoms with Crippen LogP contribution in [0.25, 0.3) is 0 Å². The summed E-state index contributed by atoms with van der Waals surface area (Å²) in [7, 11) is 0. The zero-order valence-corrected chi connectivity index (χ0v) is 15.2. The molecule has 2 fully saturated rings. The van der Waals surface area contributed by atoms with Gasteiger partial charge in [-0.1, -0.05) is 6.92 Å². The van der Waals surface area contributed by atoms with Gasteiger partial charge in [0.15, 0.2) is 0 Å². The number of nitrogens with zero attached hydrogens (tertiary/aromatic N) is 3. The summed E-state index contributed by atoms with van der Waals surface area (Å²) in [5.41, 5.74) is 0. The van der Waals surface area contributed by atoms with Crippen molar-refractivity contribution in [3.63, 3.8) is 0 Å². The standard InChI is InChI=1S/C16H30N4O2.ClH/c1-3-17-12-15-4-6-18(7-5-15)13-16(22)20-10-8-19(9-11-20)14(2)21;/h15,17H,3-13H2,1-2H3;1H. The molecule has 0 unspecified atom stereocenters. The van der Waals surface area contributed by atoms with Crippen LogP contribution in [-0.4, -0.2) is 85.4 Å². The predicted octanol–water partition coefficient (Wildman–Crippen LogP) is 0.420. The molecule has 0 aliphatic carbocycles. The Morgan fingerprint density at radius 2 is 1.57 bits per heavy atom. The second kappa shape index (κ2) is 10.1. The molecule has 2 amide bonds. The Morgan fingerprint density at radius 3 is 2.09 bits per heavy atom. The molecule has 2 rings (SSSR count). The second-order valence-electron chi connectivity index (χ2n) is 6.41. The molecule has 134 valence electrons. The van der Waals surface area contributed by atoms with Gasteiger partial charge in [-0.2, -0.15) is 0 Å². The third-order valence-corrected chi connectivity index (χ3v) is 4.83. The lowest BCUT2D eigenvalue weighted by atomic mass is 9.97. The summed E-state index contributed by atoms with van der Waals surface area (Å²) in [5, 5.41) is 3.41. The maximum absolute atomic E-state index is 12.4. The number of piperazine rings is 1. The van der Waals surface area contributed by atoms with Crippen molar-refractivity contribution >= 4 is 24.2 Å². The van der Waals surface area contributed by atoms with Crippen LogP contribution in [0.4, 0.5) is 0 Å². The molecule has 6 nitrogen and oxygen atoms in total. The largest absolute Gasteiger partial charge is 0.339 e. The van der Waals surface area contributed by atoms with E-state index in [0.717, 1.165) is 32.1 Å². The van der Waals surface area contributed by atoms with Crippen molar-refractivity contribution in [2.24, 2.45) is 5.92 Å². The molecular formula is C16H31ClN4O2. The highest BCUT2D eigenvalue weighted by Gasteiger charge is 2.25. The number of hydrogen-bond donors (Lipinski definition) is 1. The number of piperidine rings is 1. The van der Waals surface area contributed by atoms with Crippen LogP contribution < -0.4 is 5.32 Å². The summed E-state index contributed by atoms with van der Waals surface area (Å²) in [5.74, 6) is 1.08. The van der Waals surface area contributed by atoms with Gasteiger partial charge in [0.25, 0.3) is 0 Å². The number of likely N-dealkylation sites (tertiary alicyclic amines) is 1. The Morgan fingerprint density at radius 1 is 1.00 bits per heavy atom. The molecule has 23 heavy (non-hydrogen) atoms. The Labute approximate surface area is 146 Å². The van der Waals surface area contributed by atoms with Crippen molar-refractivity contribution in [3.8, 4) is 0 Å². The molecule has 0 radical (unpaired) electrons. The van der Waals surface area contributed by atoms with Crippen molar-refractivity contribution in [3.05, 3.63) is 0 Å². The van der Waals surface area contributed by atoms with E-state index in [-0.39, 0.29) is 24.2 Å². The van der Waals surface area contributed by atoms with Crippen molar-refractivity contribution in [2.75, 3.05) is 58.9 Å².